The highest BCUT2D eigenvalue weighted by Gasteiger charge is 1.98. The van der Waals surface area contributed by atoms with Crippen molar-refractivity contribution in [1.29, 1.82) is 0 Å². The van der Waals surface area contributed by atoms with Crippen molar-refractivity contribution in [3.8, 4) is 11.1 Å². The molecule has 2 heterocycles. The summed E-state index contributed by atoms with van der Waals surface area (Å²) in [5.41, 5.74) is 4.13. The van der Waals surface area contributed by atoms with Crippen molar-refractivity contribution in [2.45, 2.75) is 20.3 Å². The number of aromatic nitrogens is 4. The van der Waals surface area contributed by atoms with Gasteiger partial charge in [0.05, 0.1) is 11.9 Å². The van der Waals surface area contributed by atoms with Crippen molar-refractivity contribution in [3.63, 3.8) is 0 Å². The van der Waals surface area contributed by atoms with E-state index in [1.165, 1.54) is 0 Å². The van der Waals surface area contributed by atoms with Crippen molar-refractivity contribution in [2.75, 3.05) is 6.67 Å². The molecule has 2 aromatic heterocycles. The highest BCUT2D eigenvalue weighted by atomic mass is 19.1. The molecule has 0 bridgehead atoms. The Bertz CT molecular complexity index is 759. The summed E-state index contributed by atoms with van der Waals surface area (Å²) in [6.45, 7) is 3.38. The van der Waals surface area contributed by atoms with Crippen LogP contribution in [-0.2, 0) is 6.42 Å². The van der Waals surface area contributed by atoms with Crippen LogP contribution in [0.3, 0.4) is 0 Å². The molecule has 4 nitrogen and oxygen atoms in total. The molecule has 0 spiro atoms. The first-order valence-electron chi connectivity index (χ1n) is 7.84. The van der Waals surface area contributed by atoms with E-state index in [0.717, 1.165) is 28.9 Å². The first-order chi connectivity index (χ1) is 11.8. The predicted octanol–water partition coefficient (Wildman–Crippen LogP) is 4.48. The van der Waals surface area contributed by atoms with E-state index in [2.05, 4.69) is 27.1 Å². The van der Waals surface area contributed by atoms with Gasteiger partial charge in [0.2, 0.25) is 0 Å². The molecule has 0 fully saturated rings. The molecule has 0 aliphatic heterocycles. The lowest BCUT2D eigenvalue weighted by Gasteiger charge is -1.99. The molecule has 0 amide bonds. The lowest BCUT2D eigenvalue weighted by Crippen LogP contribution is -1.85. The van der Waals surface area contributed by atoms with Crippen LogP contribution < -0.4 is 0 Å². The SMILES string of the molecule is C/C=C(\C=C/c1ccc(-c2cn[nH]ccc(CC)nc2)cn1)CF. The fraction of sp³-hybridized carbons (Fsp3) is 0.211. The summed E-state index contributed by atoms with van der Waals surface area (Å²) in [6.07, 6.45) is 13.1. The average Bonchev–Trinajstić information content (AvgIpc) is 2.75. The van der Waals surface area contributed by atoms with Gasteiger partial charge in [-0.15, -0.1) is 0 Å². The number of nitrogens with one attached hydrogen (secondary N) is 1. The maximum Gasteiger partial charge on any atom is 0.114 e. The summed E-state index contributed by atoms with van der Waals surface area (Å²) in [5, 5.41) is 6.97. The molecule has 0 atom stereocenters. The van der Waals surface area contributed by atoms with Crippen LogP contribution >= 0.6 is 0 Å². The van der Waals surface area contributed by atoms with Crippen LogP contribution in [0.1, 0.15) is 25.2 Å². The van der Waals surface area contributed by atoms with Gasteiger partial charge >= 0.3 is 0 Å². The summed E-state index contributed by atoms with van der Waals surface area (Å²) in [4.78, 5) is 8.86. The number of rotatable bonds is 5. The standard InChI is InChI=1S/C19H21FN4/c1-3-15(11-20)5-7-19-8-6-16(12-22-19)17-13-21-18(4-2)9-10-23-24-14-17/h3,5-10,12-14,23H,4,11H2,1-2H3/b7-5-,10-9?,15-3+,17-13?,21-18?,24-14?. The first-order valence-corrected chi connectivity index (χ1v) is 7.84. The third-order valence-corrected chi connectivity index (χ3v) is 3.47. The number of allylic oxidation sites excluding steroid dienone is 3. The molecule has 0 radical (unpaired) electrons. The normalized spacial score (nSPS) is 11.5. The molecule has 2 rings (SSSR count). The van der Waals surface area contributed by atoms with Crippen LogP contribution in [0, 0.1) is 0 Å². The molecule has 24 heavy (non-hydrogen) atoms. The predicted molar refractivity (Wildman–Crippen MR) is 95.4 cm³/mol. The summed E-state index contributed by atoms with van der Waals surface area (Å²) in [6, 6.07) is 5.73. The van der Waals surface area contributed by atoms with E-state index < -0.39 is 6.67 Å². The van der Waals surface area contributed by atoms with E-state index in [-0.39, 0.29) is 0 Å². The number of halogens is 1. The number of hydrogen-bond donors (Lipinski definition) is 1. The van der Waals surface area contributed by atoms with Gasteiger partial charge in [-0.05, 0) is 37.1 Å². The van der Waals surface area contributed by atoms with Crippen LogP contribution in [0.4, 0.5) is 4.39 Å². The van der Waals surface area contributed by atoms with Crippen LogP contribution in [-0.4, -0.2) is 26.8 Å². The van der Waals surface area contributed by atoms with Gasteiger partial charge in [0.25, 0.3) is 0 Å². The zero-order chi connectivity index (χ0) is 17.2. The molecule has 0 aliphatic rings. The van der Waals surface area contributed by atoms with Gasteiger partial charge in [-0.3, -0.25) is 15.1 Å². The molecule has 1 N–H and O–H groups in total. The molecule has 0 unspecified atom stereocenters. The Kier molecular flexibility index (Phi) is 6.83. The van der Waals surface area contributed by atoms with Crippen molar-refractivity contribution in [2.24, 2.45) is 0 Å². The molecule has 5 heteroatoms. The highest BCUT2D eigenvalue weighted by Crippen LogP contribution is 2.16. The smallest absolute Gasteiger partial charge is 0.114 e. The number of aryl methyl sites for hydroxylation is 1. The number of aromatic amines is 1. The van der Waals surface area contributed by atoms with Gasteiger partial charge in [0, 0.05) is 35.4 Å². The maximum absolute atomic E-state index is 12.6. The second kappa shape index (κ2) is 9.35. The average molecular weight is 324 g/mol. The van der Waals surface area contributed by atoms with Crippen LogP contribution in [0.15, 0.2) is 60.7 Å². The topological polar surface area (TPSA) is 54.5 Å². The third kappa shape index (κ3) is 5.12. The second-order valence-electron chi connectivity index (χ2n) is 5.08. The number of nitrogens with zero attached hydrogens (tertiary/aromatic N) is 3. The molecule has 0 saturated carbocycles. The maximum atomic E-state index is 12.6. The molecular formula is C19H21FN4. The van der Waals surface area contributed by atoms with Crippen molar-refractivity contribution >= 4 is 6.08 Å². The van der Waals surface area contributed by atoms with E-state index in [0.29, 0.717) is 5.57 Å². The Morgan fingerprint density at radius 3 is 2.62 bits per heavy atom. The van der Waals surface area contributed by atoms with E-state index in [1.54, 1.807) is 43.0 Å². The monoisotopic (exact) mass is 324 g/mol. The molecular weight excluding hydrogens is 303 g/mol. The third-order valence-electron chi connectivity index (χ3n) is 3.47. The van der Waals surface area contributed by atoms with Gasteiger partial charge in [-0.1, -0.05) is 25.1 Å². The summed E-state index contributed by atoms with van der Waals surface area (Å²) in [5.74, 6) is 0. The number of pyridine rings is 1. The van der Waals surface area contributed by atoms with Gasteiger partial charge in [-0.2, -0.15) is 5.10 Å². The fourth-order valence-electron chi connectivity index (χ4n) is 1.96. The van der Waals surface area contributed by atoms with Gasteiger partial charge in [-0.25, -0.2) is 4.39 Å². The zero-order valence-electron chi connectivity index (χ0n) is 13.9. The van der Waals surface area contributed by atoms with Crippen LogP contribution in [0.2, 0.25) is 0 Å². The summed E-state index contributed by atoms with van der Waals surface area (Å²) in [7, 11) is 0. The molecule has 2 aromatic rings. The van der Waals surface area contributed by atoms with Gasteiger partial charge < -0.3 is 0 Å². The Morgan fingerprint density at radius 1 is 1.12 bits per heavy atom. The quantitative estimate of drug-likeness (QED) is 0.825. The number of alkyl halides is 1. The van der Waals surface area contributed by atoms with E-state index >= 15 is 0 Å². The highest BCUT2D eigenvalue weighted by molar-refractivity contribution is 5.61. The van der Waals surface area contributed by atoms with Crippen molar-refractivity contribution in [3.05, 3.63) is 72.1 Å². The fourth-order valence-corrected chi connectivity index (χ4v) is 1.96. The van der Waals surface area contributed by atoms with Crippen molar-refractivity contribution < 1.29 is 4.39 Å². The lowest BCUT2D eigenvalue weighted by molar-refractivity contribution is 0.549. The van der Waals surface area contributed by atoms with Crippen molar-refractivity contribution in [1.82, 2.24) is 20.2 Å². The molecule has 124 valence electrons. The van der Waals surface area contributed by atoms with Gasteiger partial charge in [0.15, 0.2) is 0 Å². The van der Waals surface area contributed by atoms with Crippen LogP contribution in [0.5, 0.6) is 0 Å². The molecule has 0 aliphatic carbocycles. The summed E-state index contributed by atoms with van der Waals surface area (Å²) >= 11 is 0. The Hall–Kier alpha value is -2.82. The first kappa shape index (κ1) is 17.5. The second-order valence-corrected chi connectivity index (χ2v) is 5.08. The minimum Gasteiger partial charge on any atom is -0.286 e. The minimum atomic E-state index is -0.479. The Labute approximate surface area is 141 Å². The number of H-pyrrole nitrogens is 1. The molecule has 0 aromatic carbocycles. The summed E-state index contributed by atoms with van der Waals surface area (Å²) < 4.78 is 12.6. The largest absolute Gasteiger partial charge is 0.286 e. The lowest BCUT2D eigenvalue weighted by atomic mass is 10.1. The number of hydrogen-bond acceptors (Lipinski definition) is 3. The van der Waals surface area contributed by atoms with Crippen LogP contribution in [0.25, 0.3) is 17.2 Å². The van der Waals surface area contributed by atoms with E-state index in [9.17, 15) is 4.39 Å². The van der Waals surface area contributed by atoms with E-state index in [4.69, 9.17) is 0 Å². The Morgan fingerprint density at radius 2 is 1.96 bits per heavy atom. The zero-order valence-corrected chi connectivity index (χ0v) is 13.9. The molecule has 0 saturated heterocycles. The van der Waals surface area contributed by atoms with E-state index in [1.807, 2.05) is 25.1 Å². The van der Waals surface area contributed by atoms with Gasteiger partial charge in [0.1, 0.15) is 6.67 Å². The minimum absolute atomic E-state index is 0.479. The Balaban J connectivity index is 2.29.